The van der Waals surface area contributed by atoms with Gasteiger partial charge in [-0.05, 0) is 25.1 Å². The number of non-ortho nitro benzene ring substituents is 1. The number of cyclic esters (lactones) is 1. The van der Waals surface area contributed by atoms with Crippen molar-refractivity contribution in [2.45, 2.75) is 6.92 Å². The Bertz CT molecular complexity index is 894. The Morgan fingerprint density at radius 1 is 1.29 bits per heavy atom. The van der Waals surface area contributed by atoms with E-state index in [4.69, 9.17) is 13.9 Å². The lowest BCUT2D eigenvalue weighted by atomic mass is 10.1. The summed E-state index contributed by atoms with van der Waals surface area (Å²) in [6.07, 6.45) is 1.44. The van der Waals surface area contributed by atoms with Crippen molar-refractivity contribution in [2.75, 3.05) is 7.11 Å². The first-order chi connectivity index (χ1) is 11.5. The predicted molar refractivity (Wildman–Crippen MR) is 83.7 cm³/mol. The summed E-state index contributed by atoms with van der Waals surface area (Å²) in [4.78, 5) is 26.4. The first kappa shape index (κ1) is 15.5. The molecule has 0 saturated heterocycles. The van der Waals surface area contributed by atoms with Gasteiger partial charge in [0.15, 0.2) is 5.70 Å². The first-order valence-electron chi connectivity index (χ1n) is 6.90. The number of hydrogen-bond donors (Lipinski definition) is 0. The maximum Gasteiger partial charge on any atom is 0.363 e. The van der Waals surface area contributed by atoms with Crippen LogP contribution in [0.5, 0.6) is 5.75 Å². The zero-order valence-electron chi connectivity index (χ0n) is 12.8. The maximum atomic E-state index is 12.0. The van der Waals surface area contributed by atoms with Gasteiger partial charge in [-0.1, -0.05) is 0 Å². The Balaban J connectivity index is 2.02. The topological polar surface area (TPSA) is 104 Å². The van der Waals surface area contributed by atoms with E-state index < -0.39 is 10.9 Å². The minimum absolute atomic E-state index is 0.0351. The number of aryl methyl sites for hydroxylation is 1. The Morgan fingerprint density at radius 2 is 2.08 bits per heavy atom. The highest BCUT2D eigenvalue weighted by molar-refractivity contribution is 6.13. The number of aliphatic imine (C=N–C) groups is 1. The van der Waals surface area contributed by atoms with Crippen molar-refractivity contribution in [1.82, 2.24) is 0 Å². The average Bonchev–Trinajstić information content (AvgIpc) is 3.13. The molecular weight excluding hydrogens is 316 g/mol. The van der Waals surface area contributed by atoms with Crippen LogP contribution >= 0.6 is 0 Å². The third-order valence-electron chi connectivity index (χ3n) is 3.28. The largest absolute Gasteiger partial charge is 0.496 e. The molecule has 122 valence electrons. The highest BCUT2D eigenvalue weighted by Crippen LogP contribution is 2.28. The molecule has 0 N–H and O–H groups in total. The number of nitrogens with zero attached hydrogens (tertiary/aromatic N) is 2. The van der Waals surface area contributed by atoms with Gasteiger partial charge in [0.25, 0.3) is 5.69 Å². The monoisotopic (exact) mass is 328 g/mol. The molecule has 0 unspecified atom stereocenters. The third kappa shape index (κ3) is 2.89. The predicted octanol–water partition coefficient (Wildman–Crippen LogP) is 2.85. The van der Waals surface area contributed by atoms with Gasteiger partial charge < -0.3 is 13.9 Å². The molecule has 1 aromatic carbocycles. The quantitative estimate of drug-likeness (QED) is 0.370. The lowest BCUT2D eigenvalue weighted by Crippen LogP contribution is -2.07. The van der Waals surface area contributed by atoms with Crippen LogP contribution < -0.4 is 4.74 Å². The van der Waals surface area contributed by atoms with Crippen LogP contribution in [0.25, 0.3) is 6.08 Å². The van der Waals surface area contributed by atoms with Gasteiger partial charge in [0, 0.05) is 18.2 Å². The molecule has 0 radical (unpaired) electrons. The first-order valence-corrected chi connectivity index (χ1v) is 6.90. The third-order valence-corrected chi connectivity index (χ3v) is 3.28. The van der Waals surface area contributed by atoms with Crippen molar-refractivity contribution in [1.29, 1.82) is 0 Å². The highest BCUT2D eigenvalue weighted by atomic mass is 16.6. The Morgan fingerprint density at radius 3 is 2.71 bits per heavy atom. The zero-order valence-corrected chi connectivity index (χ0v) is 12.8. The molecule has 0 saturated carbocycles. The molecule has 1 aliphatic heterocycles. The number of nitro groups is 1. The number of benzene rings is 1. The fourth-order valence-corrected chi connectivity index (χ4v) is 2.17. The van der Waals surface area contributed by atoms with Gasteiger partial charge in [0.2, 0.25) is 5.90 Å². The van der Waals surface area contributed by atoms with E-state index in [9.17, 15) is 14.9 Å². The summed E-state index contributed by atoms with van der Waals surface area (Å²) in [6, 6.07) is 7.40. The van der Waals surface area contributed by atoms with Crippen LogP contribution in [0.4, 0.5) is 5.69 Å². The van der Waals surface area contributed by atoms with Crippen LogP contribution in [0.1, 0.15) is 17.1 Å². The van der Waals surface area contributed by atoms with Crippen LogP contribution in [0, 0.1) is 17.0 Å². The number of rotatable bonds is 4. The number of esters is 1. The molecule has 0 bridgehead atoms. The average molecular weight is 328 g/mol. The van der Waals surface area contributed by atoms with Gasteiger partial charge in [-0.25, -0.2) is 9.79 Å². The molecule has 24 heavy (non-hydrogen) atoms. The Kier molecular flexibility index (Phi) is 3.87. The van der Waals surface area contributed by atoms with Gasteiger partial charge in [-0.15, -0.1) is 0 Å². The summed E-state index contributed by atoms with van der Waals surface area (Å²) in [5, 5.41) is 10.9. The molecule has 0 atom stereocenters. The highest BCUT2D eigenvalue weighted by Gasteiger charge is 2.28. The second kappa shape index (κ2) is 5.99. The molecule has 2 aromatic rings. The number of nitro benzene ring substituents is 1. The standard InChI is InChI=1S/C16H12N2O6/c1-9-3-5-11(23-9)8-13-16(19)24-15(17-13)12-7-10(18(20)21)4-6-14(12)22-2/h3-8H,1-2H3. The number of hydrogen-bond acceptors (Lipinski definition) is 7. The number of ether oxygens (including phenoxy) is 2. The van der Waals surface area contributed by atoms with E-state index >= 15 is 0 Å². The van der Waals surface area contributed by atoms with Crippen molar-refractivity contribution in [2.24, 2.45) is 4.99 Å². The maximum absolute atomic E-state index is 12.0. The van der Waals surface area contributed by atoms with Crippen molar-refractivity contribution < 1.29 is 23.6 Å². The summed E-state index contributed by atoms with van der Waals surface area (Å²) < 4.78 is 15.6. The lowest BCUT2D eigenvalue weighted by molar-refractivity contribution is -0.384. The smallest absolute Gasteiger partial charge is 0.363 e. The molecule has 0 spiro atoms. The number of furan rings is 1. The SMILES string of the molecule is COc1ccc([N+](=O)[O-])cc1C1=NC(=Cc2ccc(C)o2)C(=O)O1. The van der Waals surface area contributed by atoms with Gasteiger partial charge in [-0.3, -0.25) is 10.1 Å². The van der Waals surface area contributed by atoms with Crippen LogP contribution in [0.3, 0.4) is 0 Å². The van der Waals surface area contributed by atoms with E-state index in [2.05, 4.69) is 4.99 Å². The minimum atomic E-state index is -0.674. The fraction of sp³-hybridized carbons (Fsp3) is 0.125. The van der Waals surface area contributed by atoms with Crippen LogP contribution in [-0.4, -0.2) is 23.9 Å². The molecule has 8 heteroatoms. The second-order valence-electron chi connectivity index (χ2n) is 4.93. The summed E-state index contributed by atoms with van der Waals surface area (Å²) in [5.41, 5.74) is 0.0932. The molecule has 0 aliphatic carbocycles. The molecular formula is C16H12N2O6. The van der Waals surface area contributed by atoms with E-state index in [0.717, 1.165) is 0 Å². The summed E-state index contributed by atoms with van der Waals surface area (Å²) in [5.74, 6) is 0.721. The Labute approximate surface area is 136 Å². The summed E-state index contributed by atoms with van der Waals surface area (Å²) >= 11 is 0. The van der Waals surface area contributed by atoms with Gasteiger partial charge in [-0.2, -0.15) is 0 Å². The van der Waals surface area contributed by atoms with Crippen molar-refractivity contribution in [3.05, 3.63) is 63.2 Å². The van der Waals surface area contributed by atoms with Gasteiger partial charge >= 0.3 is 5.97 Å². The van der Waals surface area contributed by atoms with Gasteiger partial charge in [0.05, 0.1) is 17.6 Å². The molecule has 2 heterocycles. The van der Waals surface area contributed by atoms with Crippen molar-refractivity contribution in [3.63, 3.8) is 0 Å². The van der Waals surface area contributed by atoms with E-state index in [1.165, 1.54) is 31.4 Å². The van der Waals surface area contributed by atoms with E-state index in [1.54, 1.807) is 19.1 Å². The van der Waals surface area contributed by atoms with Gasteiger partial charge in [0.1, 0.15) is 17.3 Å². The molecule has 1 aromatic heterocycles. The normalized spacial score (nSPS) is 15.3. The number of carbonyl (C=O) groups excluding carboxylic acids is 1. The second-order valence-corrected chi connectivity index (χ2v) is 4.93. The molecule has 0 fully saturated rings. The minimum Gasteiger partial charge on any atom is -0.496 e. The molecule has 0 amide bonds. The van der Waals surface area contributed by atoms with Crippen LogP contribution in [0.2, 0.25) is 0 Å². The van der Waals surface area contributed by atoms with E-state index in [0.29, 0.717) is 17.3 Å². The molecule has 8 nitrogen and oxygen atoms in total. The zero-order chi connectivity index (χ0) is 17.3. The fourth-order valence-electron chi connectivity index (χ4n) is 2.17. The van der Waals surface area contributed by atoms with Crippen molar-refractivity contribution in [3.8, 4) is 5.75 Å². The van der Waals surface area contributed by atoms with Crippen LogP contribution in [0.15, 0.2) is 45.4 Å². The molecule has 3 rings (SSSR count). The van der Waals surface area contributed by atoms with E-state index in [-0.39, 0.29) is 22.8 Å². The lowest BCUT2D eigenvalue weighted by Gasteiger charge is -2.06. The summed E-state index contributed by atoms with van der Waals surface area (Å²) in [6.45, 7) is 1.78. The Hall–Kier alpha value is -3.42. The number of methoxy groups -OCH3 is 1. The van der Waals surface area contributed by atoms with Crippen molar-refractivity contribution >= 4 is 23.6 Å². The summed E-state index contributed by atoms with van der Waals surface area (Å²) in [7, 11) is 1.41. The molecule has 1 aliphatic rings. The van der Waals surface area contributed by atoms with Crippen LogP contribution in [-0.2, 0) is 9.53 Å². The van der Waals surface area contributed by atoms with E-state index in [1.807, 2.05) is 0 Å². The number of carbonyl (C=O) groups is 1.